The van der Waals surface area contributed by atoms with Crippen LogP contribution in [0.3, 0.4) is 0 Å². The van der Waals surface area contributed by atoms with Crippen molar-refractivity contribution >= 4 is 43.1 Å². The van der Waals surface area contributed by atoms with Crippen molar-refractivity contribution in [2.75, 3.05) is 0 Å². The second-order valence-corrected chi connectivity index (χ2v) is 18.3. The van der Waals surface area contributed by atoms with Gasteiger partial charge >= 0.3 is 0 Å². The largest absolute Gasteiger partial charge is 0.393 e. The summed E-state index contributed by atoms with van der Waals surface area (Å²) < 4.78 is 0. The van der Waals surface area contributed by atoms with E-state index in [-0.39, 0.29) is 123 Å². The van der Waals surface area contributed by atoms with Crippen LogP contribution in [0.25, 0.3) is 0 Å². The van der Waals surface area contributed by atoms with Crippen LogP contribution in [0.1, 0.15) is 144 Å². The second kappa shape index (κ2) is 29.3. The lowest BCUT2D eigenvalue weighted by atomic mass is 9.98. The monoisotopic (exact) mass is 877 g/mol. The number of aliphatic hydroxyl groups excluding tert-OH is 4. The van der Waals surface area contributed by atoms with Crippen LogP contribution in [0.15, 0.2) is 47.1 Å². The SMILES string of the molecule is C.CC1=C(C)C(=O)CC1.CC1=CCC(=O)[C@@H]1C.C[C@@H]1[C@@H](C)[C@@H](O)C[C@H]1O.C[C@H]1C=CC(=O)[C@@H]1C.C[C@H]1C=CC(=O)[C@@H]1C.C[C@H]1[C@@H](O)CC(=O)[C@@H]1C.C[C@H]1[C@H](O)CC(=O)[C@@H]1C.F.[2HH].[B]. The van der Waals surface area contributed by atoms with Crippen LogP contribution >= 0.6 is 0 Å². The van der Waals surface area contributed by atoms with Gasteiger partial charge in [-0.2, -0.15) is 0 Å². The highest BCUT2D eigenvalue weighted by Crippen LogP contribution is 2.31. The molecule has 0 unspecified atom stereocenters. The van der Waals surface area contributed by atoms with Gasteiger partial charge in [0.1, 0.15) is 17.3 Å². The highest BCUT2D eigenvalue weighted by Gasteiger charge is 2.36. The average molecular weight is 877 g/mol. The first-order valence-electron chi connectivity index (χ1n) is 21.8. The number of halogens is 1. The van der Waals surface area contributed by atoms with Crippen molar-refractivity contribution in [3.8, 4) is 0 Å². The zero-order valence-electron chi connectivity index (χ0n) is 39.5. The Bertz CT molecular complexity index is 1530. The maximum atomic E-state index is 10.8. The van der Waals surface area contributed by atoms with Gasteiger partial charge in [0, 0.05) is 65.1 Å². The van der Waals surface area contributed by atoms with Gasteiger partial charge in [0.2, 0.25) is 0 Å². The fraction of sp³-hybridized carbons (Fsp3) is 0.720. The molecule has 0 aromatic rings. The average Bonchev–Trinajstić information content (AvgIpc) is 4.01. The third kappa shape index (κ3) is 18.9. The maximum absolute atomic E-state index is 10.8. The fourth-order valence-corrected chi connectivity index (χ4v) is 7.22. The first-order chi connectivity index (χ1) is 27.2. The smallest absolute Gasteiger partial charge is 0.158 e. The predicted molar refractivity (Wildman–Crippen MR) is 250 cm³/mol. The number of rotatable bonds is 0. The third-order valence-corrected chi connectivity index (χ3v) is 14.3. The number of aliphatic hydroxyl groups is 4. The van der Waals surface area contributed by atoms with Crippen molar-refractivity contribution in [2.45, 2.75) is 167 Å². The zero-order chi connectivity index (χ0) is 45.6. The Morgan fingerprint density at radius 2 is 0.903 bits per heavy atom. The molecule has 7 rings (SSSR count). The molecule has 10 nitrogen and oxygen atoms in total. The van der Waals surface area contributed by atoms with Crippen LogP contribution in [0.5, 0.6) is 0 Å². The van der Waals surface area contributed by atoms with Gasteiger partial charge in [0.15, 0.2) is 17.3 Å². The molecule has 62 heavy (non-hydrogen) atoms. The molecular weight excluding hydrogens is 790 g/mol. The Morgan fingerprint density at radius 1 is 0.532 bits per heavy atom. The minimum absolute atomic E-state index is 0. The minimum Gasteiger partial charge on any atom is -0.393 e. The lowest BCUT2D eigenvalue weighted by Gasteiger charge is -2.12. The summed E-state index contributed by atoms with van der Waals surface area (Å²) in [6, 6.07) is 0. The van der Waals surface area contributed by atoms with Crippen molar-refractivity contribution in [3.05, 3.63) is 47.1 Å². The van der Waals surface area contributed by atoms with Gasteiger partial charge < -0.3 is 20.4 Å². The van der Waals surface area contributed by atoms with Gasteiger partial charge in [-0.1, -0.05) is 113 Å². The van der Waals surface area contributed by atoms with Crippen molar-refractivity contribution in [1.82, 2.24) is 0 Å². The molecule has 0 bridgehead atoms. The third-order valence-electron chi connectivity index (χ3n) is 14.3. The summed E-state index contributed by atoms with van der Waals surface area (Å²) in [4.78, 5) is 64.5. The molecule has 0 heterocycles. The molecule has 0 aromatic heterocycles. The summed E-state index contributed by atoms with van der Waals surface area (Å²) in [5, 5.41) is 36.6. The summed E-state index contributed by atoms with van der Waals surface area (Å²) in [6.07, 6.45) is 11.6. The van der Waals surface area contributed by atoms with E-state index < -0.39 is 0 Å². The van der Waals surface area contributed by atoms with Crippen molar-refractivity contribution in [2.24, 2.45) is 65.1 Å². The first kappa shape index (κ1) is 63.1. The second-order valence-electron chi connectivity index (χ2n) is 18.3. The molecule has 3 saturated carbocycles. The van der Waals surface area contributed by atoms with Crippen LogP contribution in [0.4, 0.5) is 4.70 Å². The standard InChI is InChI=1S/C7H14O2.2C7H12O2.4C7H10O.CH4.B.FH.H2/c3*1-4-5(2)7(9)3-6(4)8;4*1-5-3-4-7(8)6(5)2;;;;/h4-9H,3H2,1-2H3;2*4-6,8H,3H2,1-2H3;3-4H2,1-2H3;3,6H,4H2,1-2H3;2*3-6H,1-2H3;1H4;;2*1H/t4-,5-,6-,7+;4-,5-,6+;4-,5-,6-;;6-;2*5-,6+;;;;/m111.100..../s1/i;;;;;;;;;;1+1. The Morgan fingerprint density at radius 3 is 0.984 bits per heavy atom. The molecule has 3 radical (unpaired) electrons. The zero-order valence-corrected chi connectivity index (χ0v) is 39.5. The van der Waals surface area contributed by atoms with Crippen LogP contribution in [-0.2, 0) is 28.8 Å². The van der Waals surface area contributed by atoms with Gasteiger partial charge in [-0.25, -0.2) is 0 Å². The van der Waals surface area contributed by atoms with Crippen molar-refractivity contribution in [1.29, 1.82) is 0 Å². The van der Waals surface area contributed by atoms with E-state index in [1.807, 2.05) is 101 Å². The molecule has 0 saturated heterocycles. The Hall–Kier alpha value is -3.19. The summed E-state index contributed by atoms with van der Waals surface area (Å²) >= 11 is 0. The molecule has 355 valence electrons. The minimum atomic E-state index is -0.382. The fourth-order valence-electron chi connectivity index (χ4n) is 7.22. The number of Topliss-reactive ketones (excluding diaryl/α,β-unsaturated/α-hetero) is 4. The van der Waals surface area contributed by atoms with Crippen LogP contribution in [-0.4, -0.2) is 88.0 Å². The quantitative estimate of drug-likeness (QED) is 0.137. The van der Waals surface area contributed by atoms with E-state index in [9.17, 15) is 39.0 Å². The Balaban J connectivity index is -0.000000319. The molecule has 0 aliphatic heterocycles. The summed E-state index contributed by atoms with van der Waals surface area (Å²) in [5.41, 5.74) is 3.50. The molecular formula is C50H85BFO10. The Labute approximate surface area is 377 Å². The van der Waals surface area contributed by atoms with Gasteiger partial charge in [0.05, 0.1) is 24.4 Å². The van der Waals surface area contributed by atoms with Gasteiger partial charge in [-0.15, -0.1) is 0 Å². The van der Waals surface area contributed by atoms with Crippen molar-refractivity contribution < 1.29 is 55.3 Å². The topological polar surface area (TPSA) is 183 Å². The van der Waals surface area contributed by atoms with Gasteiger partial charge in [0.25, 0.3) is 0 Å². The van der Waals surface area contributed by atoms with Gasteiger partial charge in [-0.05, 0) is 86.8 Å². The van der Waals surface area contributed by atoms with E-state index in [2.05, 4.69) is 13.8 Å². The number of allylic oxidation sites excluding steroid dienone is 8. The van der Waals surface area contributed by atoms with Gasteiger partial charge in [-0.3, -0.25) is 33.5 Å². The van der Waals surface area contributed by atoms with Crippen molar-refractivity contribution in [3.63, 3.8) is 0 Å². The molecule has 3 fully saturated rings. The molecule has 0 aromatic carbocycles. The number of carbonyl (C=O) groups excluding carboxylic acids is 6. The molecule has 7 aliphatic carbocycles. The molecule has 15 atom stereocenters. The molecule has 0 amide bonds. The number of hydrogen-bond donors (Lipinski definition) is 4. The normalized spacial score (nSPS) is 36.0. The van der Waals surface area contributed by atoms with E-state index in [1.54, 1.807) is 12.2 Å². The highest BCUT2D eigenvalue weighted by molar-refractivity contribution is 5.98. The maximum Gasteiger partial charge on any atom is 0.158 e. The van der Waals surface area contributed by atoms with Crippen LogP contribution < -0.4 is 0 Å². The van der Waals surface area contributed by atoms with E-state index >= 15 is 0 Å². The lowest BCUT2D eigenvalue weighted by Crippen LogP contribution is -2.15. The lowest BCUT2D eigenvalue weighted by molar-refractivity contribution is -0.121. The molecule has 4 N–H and O–H groups in total. The highest BCUT2D eigenvalue weighted by atomic mass is 19.0. The molecule has 0 spiro atoms. The number of carbonyl (C=O) groups is 6. The first-order valence-corrected chi connectivity index (χ1v) is 21.8. The Kier molecular flexibility index (Phi) is 29.8. The van der Waals surface area contributed by atoms with E-state index in [4.69, 9.17) is 10.2 Å². The van der Waals surface area contributed by atoms with E-state index in [1.165, 1.54) is 11.1 Å². The van der Waals surface area contributed by atoms with Crippen LogP contribution in [0, 0.1) is 65.1 Å². The summed E-state index contributed by atoms with van der Waals surface area (Å²) in [5.74, 6) is 4.24. The number of hydrogen-bond acceptors (Lipinski definition) is 10. The molecule has 12 heteroatoms. The number of ketones is 6. The predicted octanol–water partition coefficient (Wildman–Crippen LogP) is 8.24. The van der Waals surface area contributed by atoms with E-state index in [0.29, 0.717) is 49.1 Å². The molecule has 7 aliphatic rings. The summed E-state index contributed by atoms with van der Waals surface area (Å²) in [7, 11) is 0. The summed E-state index contributed by atoms with van der Waals surface area (Å²) in [6.45, 7) is 27.5. The van der Waals surface area contributed by atoms with Crippen LogP contribution in [0.2, 0.25) is 0 Å². The van der Waals surface area contributed by atoms with E-state index in [0.717, 1.165) is 18.4 Å².